The van der Waals surface area contributed by atoms with Crippen LogP contribution in [-0.4, -0.2) is 42.3 Å². The van der Waals surface area contributed by atoms with Crippen LogP contribution in [0.15, 0.2) is 24.3 Å². The molecule has 0 aliphatic rings. The summed E-state index contributed by atoms with van der Waals surface area (Å²) in [7, 11) is 0. The zero-order valence-electron chi connectivity index (χ0n) is 12.5. The molecule has 0 aliphatic carbocycles. The average molecular weight is 295 g/mol. The fourth-order valence-electron chi connectivity index (χ4n) is 1.57. The first kappa shape index (κ1) is 17.0. The van der Waals surface area contributed by atoms with Gasteiger partial charge in [-0.3, -0.25) is 4.79 Å². The minimum Gasteiger partial charge on any atom is -0.491 e. The first-order valence-electron chi connectivity index (χ1n) is 6.67. The maximum atomic E-state index is 11.4. The highest BCUT2D eigenvalue weighted by Crippen LogP contribution is 2.17. The molecule has 6 heteroatoms. The van der Waals surface area contributed by atoms with Crippen LogP contribution in [0, 0.1) is 0 Å². The molecule has 1 aromatic rings. The van der Waals surface area contributed by atoms with E-state index in [0.717, 1.165) is 0 Å². The van der Waals surface area contributed by atoms with Crippen molar-refractivity contribution in [1.29, 1.82) is 0 Å². The van der Waals surface area contributed by atoms with Crippen LogP contribution in [0.25, 0.3) is 0 Å². The Kier molecular flexibility index (Phi) is 6.17. The molecule has 0 heterocycles. The normalized spacial score (nSPS) is 11.0. The number of ether oxygens (including phenoxy) is 2. The van der Waals surface area contributed by atoms with Gasteiger partial charge in [-0.2, -0.15) is 0 Å². The summed E-state index contributed by atoms with van der Waals surface area (Å²) in [5.74, 6) is -1.06. The van der Waals surface area contributed by atoms with Crippen LogP contribution >= 0.6 is 0 Å². The van der Waals surface area contributed by atoms with Crippen molar-refractivity contribution in [2.45, 2.75) is 26.4 Å². The minimum atomic E-state index is -1.03. The third-order valence-corrected chi connectivity index (χ3v) is 2.34. The molecule has 1 aromatic carbocycles. The predicted molar refractivity (Wildman–Crippen MR) is 77.6 cm³/mol. The highest BCUT2D eigenvalue weighted by atomic mass is 16.6. The van der Waals surface area contributed by atoms with E-state index in [-0.39, 0.29) is 24.7 Å². The Bertz CT molecular complexity index is 493. The van der Waals surface area contributed by atoms with E-state index in [1.807, 2.05) is 0 Å². The molecule has 0 aliphatic heterocycles. The molecule has 116 valence electrons. The number of esters is 1. The molecule has 0 saturated carbocycles. The number of rotatable bonds is 7. The average Bonchev–Trinajstić information content (AvgIpc) is 2.36. The van der Waals surface area contributed by atoms with Crippen LogP contribution in [0.2, 0.25) is 0 Å². The molecule has 0 unspecified atom stereocenters. The Morgan fingerprint density at radius 1 is 1.24 bits per heavy atom. The molecular formula is C15H21NO5. The number of benzene rings is 1. The summed E-state index contributed by atoms with van der Waals surface area (Å²) in [6.45, 7) is 6.16. The molecule has 0 saturated heterocycles. The van der Waals surface area contributed by atoms with Crippen molar-refractivity contribution in [3.63, 3.8) is 0 Å². The Morgan fingerprint density at radius 3 is 2.52 bits per heavy atom. The number of aromatic carboxylic acids is 1. The molecular weight excluding hydrogens is 274 g/mol. The largest absolute Gasteiger partial charge is 0.491 e. The number of carbonyl (C=O) groups excluding carboxylic acids is 1. The van der Waals surface area contributed by atoms with Crippen LogP contribution in [-0.2, 0) is 9.53 Å². The molecule has 2 N–H and O–H groups in total. The van der Waals surface area contributed by atoms with Crippen molar-refractivity contribution in [2.75, 3.05) is 19.7 Å². The van der Waals surface area contributed by atoms with Crippen molar-refractivity contribution in [3.05, 3.63) is 29.8 Å². The number of hydrogen-bond donors (Lipinski definition) is 2. The molecule has 0 atom stereocenters. The van der Waals surface area contributed by atoms with E-state index in [2.05, 4.69) is 5.32 Å². The van der Waals surface area contributed by atoms with Crippen LogP contribution in [0.4, 0.5) is 0 Å². The Hall–Kier alpha value is -2.08. The second-order valence-electron chi connectivity index (χ2n) is 5.41. The lowest BCUT2D eigenvalue weighted by Gasteiger charge is -2.19. The molecule has 6 nitrogen and oxygen atoms in total. The van der Waals surface area contributed by atoms with E-state index < -0.39 is 11.6 Å². The number of carboxylic acid groups (broad SMARTS) is 1. The summed E-state index contributed by atoms with van der Waals surface area (Å²) in [5.41, 5.74) is -0.389. The number of carboxylic acids is 1. The van der Waals surface area contributed by atoms with E-state index in [4.69, 9.17) is 14.6 Å². The van der Waals surface area contributed by atoms with Gasteiger partial charge in [0.15, 0.2) is 0 Å². The molecule has 1 rings (SSSR count). The van der Waals surface area contributed by atoms with Gasteiger partial charge in [0.1, 0.15) is 23.5 Å². The van der Waals surface area contributed by atoms with Gasteiger partial charge in [0.25, 0.3) is 0 Å². The van der Waals surface area contributed by atoms with Gasteiger partial charge >= 0.3 is 11.9 Å². The van der Waals surface area contributed by atoms with Gasteiger partial charge in [0, 0.05) is 6.54 Å². The van der Waals surface area contributed by atoms with Gasteiger partial charge in [-0.25, -0.2) is 4.79 Å². The molecule has 21 heavy (non-hydrogen) atoms. The smallest absolute Gasteiger partial charge is 0.339 e. The Balaban J connectivity index is 2.29. The van der Waals surface area contributed by atoms with Crippen molar-refractivity contribution >= 4 is 11.9 Å². The summed E-state index contributed by atoms with van der Waals surface area (Å²) >= 11 is 0. The quantitative estimate of drug-likeness (QED) is 0.588. The van der Waals surface area contributed by atoms with Crippen molar-refractivity contribution in [3.8, 4) is 5.75 Å². The first-order chi connectivity index (χ1) is 9.79. The lowest BCUT2D eigenvalue weighted by atomic mass is 10.2. The van der Waals surface area contributed by atoms with E-state index in [9.17, 15) is 9.59 Å². The molecule has 0 radical (unpaired) electrons. The third kappa shape index (κ3) is 6.76. The predicted octanol–water partition coefficient (Wildman–Crippen LogP) is 1.69. The second kappa shape index (κ2) is 7.64. The lowest BCUT2D eigenvalue weighted by molar-refractivity contribution is -0.153. The number of para-hydroxylation sites is 1. The summed E-state index contributed by atoms with van der Waals surface area (Å²) in [5, 5.41) is 11.9. The summed E-state index contributed by atoms with van der Waals surface area (Å²) < 4.78 is 10.5. The van der Waals surface area contributed by atoms with Crippen molar-refractivity contribution in [1.82, 2.24) is 5.32 Å². The maximum Gasteiger partial charge on any atom is 0.339 e. The van der Waals surface area contributed by atoms with Gasteiger partial charge < -0.3 is 19.9 Å². The monoisotopic (exact) mass is 295 g/mol. The zero-order chi connectivity index (χ0) is 15.9. The van der Waals surface area contributed by atoms with Gasteiger partial charge in [0.2, 0.25) is 0 Å². The van der Waals surface area contributed by atoms with Gasteiger partial charge in [0.05, 0.1) is 6.54 Å². The van der Waals surface area contributed by atoms with Gasteiger partial charge in [-0.1, -0.05) is 12.1 Å². The minimum absolute atomic E-state index is 0.0845. The van der Waals surface area contributed by atoms with E-state index in [0.29, 0.717) is 12.3 Å². The van der Waals surface area contributed by atoms with Crippen LogP contribution in [0.1, 0.15) is 31.1 Å². The number of nitrogens with one attached hydrogen (secondary N) is 1. The standard InChI is InChI=1S/C15H21NO5/c1-15(2,3)21-13(17)10-16-8-9-20-12-7-5-4-6-11(12)14(18)19/h4-7,16H,8-10H2,1-3H3,(H,18,19). The summed E-state index contributed by atoms with van der Waals surface area (Å²) in [6, 6.07) is 6.41. The van der Waals surface area contributed by atoms with Crippen molar-refractivity contribution in [2.24, 2.45) is 0 Å². The highest BCUT2D eigenvalue weighted by molar-refractivity contribution is 5.90. The SMILES string of the molecule is CC(C)(C)OC(=O)CNCCOc1ccccc1C(=O)O. The lowest BCUT2D eigenvalue weighted by Crippen LogP contribution is -2.33. The summed E-state index contributed by atoms with van der Waals surface area (Å²) in [6.07, 6.45) is 0. The molecule has 0 bridgehead atoms. The molecule has 0 spiro atoms. The second-order valence-corrected chi connectivity index (χ2v) is 5.41. The summed E-state index contributed by atoms with van der Waals surface area (Å²) in [4.78, 5) is 22.4. The molecule has 0 amide bonds. The van der Waals surface area contributed by atoms with E-state index >= 15 is 0 Å². The van der Waals surface area contributed by atoms with Gasteiger partial charge in [-0.15, -0.1) is 0 Å². The number of hydrogen-bond acceptors (Lipinski definition) is 5. The van der Waals surface area contributed by atoms with E-state index in [1.54, 1.807) is 39.0 Å². The van der Waals surface area contributed by atoms with Gasteiger partial charge in [-0.05, 0) is 32.9 Å². The molecule has 0 fully saturated rings. The van der Waals surface area contributed by atoms with Crippen molar-refractivity contribution < 1.29 is 24.2 Å². The van der Waals surface area contributed by atoms with Crippen LogP contribution in [0.5, 0.6) is 5.75 Å². The topological polar surface area (TPSA) is 84.9 Å². The van der Waals surface area contributed by atoms with Crippen LogP contribution in [0.3, 0.4) is 0 Å². The van der Waals surface area contributed by atoms with E-state index in [1.165, 1.54) is 6.07 Å². The highest BCUT2D eigenvalue weighted by Gasteiger charge is 2.15. The third-order valence-electron chi connectivity index (χ3n) is 2.34. The Labute approximate surface area is 124 Å². The number of carbonyl (C=O) groups is 2. The fourth-order valence-corrected chi connectivity index (χ4v) is 1.57. The van der Waals surface area contributed by atoms with Crippen LogP contribution < -0.4 is 10.1 Å². The molecule has 0 aromatic heterocycles. The first-order valence-corrected chi connectivity index (χ1v) is 6.67. The Morgan fingerprint density at radius 2 is 1.90 bits per heavy atom. The fraction of sp³-hybridized carbons (Fsp3) is 0.467. The zero-order valence-corrected chi connectivity index (χ0v) is 12.5. The maximum absolute atomic E-state index is 11.4.